The summed E-state index contributed by atoms with van der Waals surface area (Å²) in [7, 11) is 0. The number of aliphatic carboxylic acids is 1. The molecule has 1 aromatic heterocycles. The molecule has 0 saturated carbocycles. The van der Waals surface area contributed by atoms with E-state index in [1.54, 1.807) is 0 Å². The number of carbonyl (C=O) groups is 1. The van der Waals surface area contributed by atoms with Crippen LogP contribution in [0, 0.1) is 5.41 Å². The Balaban J connectivity index is 1.26. The Bertz CT molecular complexity index is 1330. The third-order valence-corrected chi connectivity index (χ3v) is 7.13. The van der Waals surface area contributed by atoms with Crippen molar-refractivity contribution in [3.05, 3.63) is 83.4 Å². The minimum atomic E-state index is -0.699. The number of aromatic nitrogens is 2. The number of benzene rings is 3. The molecule has 0 unspecified atom stereocenters. The fourth-order valence-corrected chi connectivity index (χ4v) is 4.68. The van der Waals surface area contributed by atoms with Crippen LogP contribution in [0.1, 0.15) is 25.3 Å². The molecular weight excluding hydrogens is 462 g/mol. The highest BCUT2D eigenvalue weighted by Crippen LogP contribution is 2.33. The van der Waals surface area contributed by atoms with Gasteiger partial charge in [0.05, 0.1) is 5.41 Å². The van der Waals surface area contributed by atoms with Gasteiger partial charge in [-0.25, -0.2) is 0 Å². The zero-order chi connectivity index (χ0) is 24.4. The molecule has 35 heavy (non-hydrogen) atoms. The summed E-state index contributed by atoms with van der Waals surface area (Å²) >= 11 is 6.54. The third kappa shape index (κ3) is 4.99. The summed E-state index contributed by atoms with van der Waals surface area (Å²) in [5.74, 6) is 0.237. The van der Waals surface area contributed by atoms with Crippen molar-refractivity contribution in [3.8, 4) is 34.0 Å². The summed E-state index contributed by atoms with van der Waals surface area (Å²) in [6.45, 7) is 4.20. The van der Waals surface area contributed by atoms with Crippen molar-refractivity contribution in [1.82, 2.24) is 15.0 Å². The standard InChI is InChI=1S/C28H26ClN3O3/c1-28(27(33)34)13-15-32(16-14-28)18-19-7-9-21(10-8-19)25-30-26(35-31-25)22-11-12-23(24(29)17-22)20-5-3-2-4-6-20/h2-12,17H,13-16,18H2,1H3,(H,33,34). The monoisotopic (exact) mass is 487 g/mol. The maximum atomic E-state index is 11.5. The molecule has 0 amide bonds. The molecule has 0 radical (unpaired) electrons. The quantitative estimate of drug-likeness (QED) is 0.338. The molecule has 5 rings (SSSR count). The number of carboxylic acid groups (broad SMARTS) is 1. The van der Waals surface area contributed by atoms with E-state index in [-0.39, 0.29) is 0 Å². The molecule has 178 valence electrons. The Morgan fingerprint density at radius 2 is 1.69 bits per heavy atom. The molecule has 1 N–H and O–H groups in total. The van der Waals surface area contributed by atoms with Gasteiger partial charge in [0.25, 0.3) is 5.89 Å². The molecule has 0 spiro atoms. The summed E-state index contributed by atoms with van der Waals surface area (Å²) in [6, 6.07) is 23.8. The van der Waals surface area contributed by atoms with Crippen molar-refractivity contribution >= 4 is 17.6 Å². The normalized spacial score (nSPS) is 15.7. The summed E-state index contributed by atoms with van der Waals surface area (Å²) < 4.78 is 5.52. The number of carboxylic acids is 1. The molecule has 6 nitrogen and oxygen atoms in total. The maximum Gasteiger partial charge on any atom is 0.309 e. The van der Waals surface area contributed by atoms with Crippen molar-refractivity contribution in [1.29, 1.82) is 0 Å². The first-order chi connectivity index (χ1) is 16.9. The second kappa shape index (κ2) is 9.64. The van der Waals surface area contributed by atoms with Gasteiger partial charge in [-0.15, -0.1) is 0 Å². The van der Waals surface area contributed by atoms with Crippen LogP contribution in [0.2, 0.25) is 5.02 Å². The number of hydrogen-bond acceptors (Lipinski definition) is 5. The molecular formula is C28H26ClN3O3. The number of halogens is 1. The smallest absolute Gasteiger partial charge is 0.309 e. The SMILES string of the molecule is CC1(C(=O)O)CCN(Cc2ccc(-c3noc(-c4ccc(-c5ccccc5)c(Cl)c4)n3)cc2)CC1. The van der Waals surface area contributed by atoms with Crippen LogP contribution < -0.4 is 0 Å². The molecule has 1 saturated heterocycles. The fourth-order valence-electron chi connectivity index (χ4n) is 4.39. The van der Waals surface area contributed by atoms with Crippen LogP contribution in [-0.4, -0.2) is 39.2 Å². The van der Waals surface area contributed by atoms with Gasteiger partial charge in [0.1, 0.15) is 0 Å². The summed E-state index contributed by atoms with van der Waals surface area (Å²) in [6.07, 6.45) is 1.34. The van der Waals surface area contributed by atoms with Gasteiger partial charge < -0.3 is 9.63 Å². The molecule has 2 heterocycles. The van der Waals surface area contributed by atoms with E-state index in [4.69, 9.17) is 16.1 Å². The van der Waals surface area contributed by atoms with Crippen molar-refractivity contribution in [2.75, 3.05) is 13.1 Å². The van der Waals surface area contributed by atoms with Gasteiger partial charge in [-0.3, -0.25) is 9.69 Å². The Morgan fingerprint density at radius 1 is 1.00 bits per heavy atom. The second-order valence-corrected chi connectivity index (χ2v) is 9.73. The Labute approximate surface area is 209 Å². The highest BCUT2D eigenvalue weighted by Gasteiger charge is 2.36. The number of likely N-dealkylation sites (tertiary alicyclic amines) is 1. The zero-order valence-electron chi connectivity index (χ0n) is 19.4. The number of rotatable bonds is 6. The topological polar surface area (TPSA) is 79.5 Å². The van der Waals surface area contributed by atoms with Crippen LogP contribution in [0.15, 0.2) is 77.3 Å². The largest absolute Gasteiger partial charge is 0.481 e. The average Bonchev–Trinajstić information content (AvgIpc) is 3.37. The van der Waals surface area contributed by atoms with E-state index in [1.807, 2.05) is 67.6 Å². The predicted octanol–water partition coefficient (Wildman–Crippen LogP) is 6.41. The molecule has 1 aliphatic rings. The van der Waals surface area contributed by atoms with E-state index in [0.29, 0.717) is 29.6 Å². The fraction of sp³-hybridized carbons (Fsp3) is 0.250. The molecule has 4 aromatic rings. The van der Waals surface area contributed by atoms with Crippen LogP contribution in [-0.2, 0) is 11.3 Å². The van der Waals surface area contributed by atoms with Crippen LogP contribution >= 0.6 is 11.6 Å². The molecule has 0 bridgehead atoms. The average molecular weight is 488 g/mol. The molecule has 0 atom stereocenters. The predicted molar refractivity (Wildman–Crippen MR) is 136 cm³/mol. The van der Waals surface area contributed by atoms with Crippen LogP contribution in [0.25, 0.3) is 34.0 Å². The number of hydrogen-bond donors (Lipinski definition) is 1. The second-order valence-electron chi connectivity index (χ2n) is 9.32. The Hall–Kier alpha value is -3.48. The summed E-state index contributed by atoms with van der Waals surface area (Å²) in [5, 5.41) is 14.2. The minimum Gasteiger partial charge on any atom is -0.481 e. The molecule has 0 aliphatic carbocycles. The lowest BCUT2D eigenvalue weighted by atomic mass is 9.80. The molecule has 1 aliphatic heterocycles. The van der Waals surface area contributed by atoms with Crippen LogP contribution in [0.5, 0.6) is 0 Å². The van der Waals surface area contributed by atoms with E-state index in [1.165, 1.54) is 5.56 Å². The van der Waals surface area contributed by atoms with Crippen molar-refractivity contribution in [3.63, 3.8) is 0 Å². The van der Waals surface area contributed by atoms with E-state index >= 15 is 0 Å². The van der Waals surface area contributed by atoms with Crippen LogP contribution in [0.4, 0.5) is 0 Å². The van der Waals surface area contributed by atoms with Crippen molar-refractivity contribution in [2.24, 2.45) is 5.41 Å². The lowest BCUT2D eigenvalue weighted by Crippen LogP contribution is -2.42. The van der Waals surface area contributed by atoms with Gasteiger partial charge in [-0.1, -0.05) is 77.4 Å². The Morgan fingerprint density at radius 3 is 2.34 bits per heavy atom. The molecule has 3 aromatic carbocycles. The van der Waals surface area contributed by atoms with Crippen LogP contribution in [0.3, 0.4) is 0 Å². The highest BCUT2D eigenvalue weighted by molar-refractivity contribution is 6.33. The zero-order valence-corrected chi connectivity index (χ0v) is 20.2. The highest BCUT2D eigenvalue weighted by atomic mass is 35.5. The molecule has 7 heteroatoms. The van der Waals surface area contributed by atoms with Gasteiger partial charge in [-0.05, 0) is 56.1 Å². The number of piperidine rings is 1. The van der Waals surface area contributed by atoms with Crippen molar-refractivity contribution < 1.29 is 14.4 Å². The lowest BCUT2D eigenvalue weighted by Gasteiger charge is -2.36. The minimum absolute atomic E-state index is 0.417. The van der Waals surface area contributed by atoms with Gasteiger partial charge >= 0.3 is 5.97 Å². The summed E-state index contributed by atoms with van der Waals surface area (Å²) in [4.78, 5) is 18.3. The lowest BCUT2D eigenvalue weighted by molar-refractivity contribution is -0.150. The third-order valence-electron chi connectivity index (χ3n) is 6.82. The first kappa shape index (κ1) is 23.3. The van der Waals surface area contributed by atoms with Crippen molar-refractivity contribution in [2.45, 2.75) is 26.3 Å². The van der Waals surface area contributed by atoms with E-state index < -0.39 is 11.4 Å². The van der Waals surface area contributed by atoms with Gasteiger partial charge in [0.2, 0.25) is 5.82 Å². The Kier molecular flexibility index (Phi) is 6.41. The van der Waals surface area contributed by atoms with Gasteiger partial charge in [0, 0.05) is 28.3 Å². The summed E-state index contributed by atoms with van der Waals surface area (Å²) in [5.41, 5.74) is 4.20. The van der Waals surface area contributed by atoms with E-state index in [2.05, 4.69) is 27.2 Å². The first-order valence-electron chi connectivity index (χ1n) is 11.7. The number of nitrogens with zero attached hydrogens (tertiary/aromatic N) is 3. The first-order valence-corrected chi connectivity index (χ1v) is 12.0. The van der Waals surface area contributed by atoms with Gasteiger partial charge in [0.15, 0.2) is 0 Å². The van der Waals surface area contributed by atoms with Gasteiger partial charge in [-0.2, -0.15) is 4.98 Å². The van der Waals surface area contributed by atoms with E-state index in [9.17, 15) is 9.90 Å². The van der Waals surface area contributed by atoms with E-state index in [0.717, 1.165) is 41.9 Å². The maximum absolute atomic E-state index is 11.5. The molecule has 1 fully saturated rings.